The van der Waals surface area contributed by atoms with Crippen molar-refractivity contribution in [3.8, 4) is 0 Å². The summed E-state index contributed by atoms with van der Waals surface area (Å²) >= 11 is 0. The maximum atomic E-state index is 12.6. The van der Waals surface area contributed by atoms with Crippen LogP contribution in [0.1, 0.15) is 5.56 Å². The number of alkyl halides is 3. The van der Waals surface area contributed by atoms with Crippen molar-refractivity contribution in [3.05, 3.63) is 29.8 Å². The predicted octanol–water partition coefficient (Wildman–Crippen LogP) is 1.30. The third-order valence-corrected chi connectivity index (χ3v) is 4.56. The van der Waals surface area contributed by atoms with Gasteiger partial charge in [0.05, 0.1) is 17.1 Å². The number of nitrogens with two attached hydrogens (primary N) is 1. The van der Waals surface area contributed by atoms with Crippen molar-refractivity contribution in [2.45, 2.75) is 17.1 Å². The van der Waals surface area contributed by atoms with Crippen LogP contribution >= 0.6 is 0 Å². The second-order valence-corrected chi connectivity index (χ2v) is 6.57. The lowest BCUT2D eigenvalue weighted by atomic mass is 10.2. The van der Waals surface area contributed by atoms with Gasteiger partial charge >= 0.3 is 6.18 Å². The molecule has 0 aliphatic heterocycles. The zero-order chi connectivity index (χ0) is 16.3. The van der Waals surface area contributed by atoms with Gasteiger partial charge in [-0.25, -0.2) is 8.42 Å². The number of likely N-dealkylation sites (N-methyl/N-ethyl adjacent to an activating group) is 1. The average Bonchev–Trinajstić information content (AvgIpc) is 2.38. The Morgan fingerprint density at radius 1 is 1.38 bits per heavy atom. The number of benzene rings is 1. The van der Waals surface area contributed by atoms with Crippen LogP contribution < -0.4 is 5.73 Å². The molecule has 5 nitrogen and oxygen atoms in total. The van der Waals surface area contributed by atoms with E-state index in [1.54, 1.807) is 0 Å². The maximum Gasteiger partial charge on any atom is 0.416 e. The molecule has 1 rings (SSSR count). The van der Waals surface area contributed by atoms with E-state index in [0.717, 1.165) is 22.5 Å². The summed E-state index contributed by atoms with van der Waals surface area (Å²) < 4.78 is 68.0. The fraction of sp³-hybridized carbons (Fsp3) is 0.500. The lowest BCUT2D eigenvalue weighted by molar-refractivity contribution is -0.137. The molecule has 0 fully saturated rings. The molecule has 0 aliphatic carbocycles. The second kappa shape index (κ2) is 6.73. The van der Waals surface area contributed by atoms with Crippen molar-refractivity contribution in [2.24, 2.45) is 5.73 Å². The van der Waals surface area contributed by atoms with Gasteiger partial charge in [0.15, 0.2) is 0 Å². The van der Waals surface area contributed by atoms with Gasteiger partial charge in [-0.1, -0.05) is 6.07 Å². The van der Waals surface area contributed by atoms with Crippen LogP contribution in [0.4, 0.5) is 13.2 Å². The third-order valence-electron chi connectivity index (χ3n) is 2.74. The number of hydrogen-bond donors (Lipinski definition) is 1. The number of ether oxygens (including phenoxy) is 1. The number of sulfonamides is 1. The molecule has 0 saturated heterocycles. The van der Waals surface area contributed by atoms with Gasteiger partial charge in [0.25, 0.3) is 0 Å². The lowest BCUT2D eigenvalue weighted by Crippen LogP contribution is -2.41. The van der Waals surface area contributed by atoms with Crippen LogP contribution in [0.25, 0.3) is 0 Å². The minimum atomic E-state index is -4.60. The molecule has 0 heterocycles. The molecule has 0 saturated carbocycles. The highest BCUT2D eigenvalue weighted by Crippen LogP contribution is 2.30. The van der Waals surface area contributed by atoms with Gasteiger partial charge in [0.2, 0.25) is 10.0 Å². The zero-order valence-corrected chi connectivity index (χ0v) is 12.4. The summed E-state index contributed by atoms with van der Waals surface area (Å²) in [6.07, 6.45) is -4.60. The van der Waals surface area contributed by atoms with Crippen LogP contribution in [-0.4, -0.2) is 46.1 Å². The average molecular weight is 326 g/mol. The molecule has 1 aromatic carbocycles. The molecule has 0 spiro atoms. The van der Waals surface area contributed by atoms with Crippen LogP contribution in [0, 0.1) is 0 Å². The van der Waals surface area contributed by atoms with E-state index in [0.29, 0.717) is 6.07 Å². The Morgan fingerprint density at radius 2 is 2.00 bits per heavy atom. The molecule has 1 aromatic rings. The number of methoxy groups -OCH3 is 1. The smallest absolute Gasteiger partial charge is 0.383 e. The van der Waals surface area contributed by atoms with Crippen molar-refractivity contribution in [1.82, 2.24) is 4.31 Å². The maximum absolute atomic E-state index is 12.6. The zero-order valence-electron chi connectivity index (χ0n) is 11.6. The lowest BCUT2D eigenvalue weighted by Gasteiger charge is -2.21. The Labute approximate surface area is 121 Å². The number of rotatable bonds is 6. The Hall–Kier alpha value is -1.16. The fourth-order valence-electron chi connectivity index (χ4n) is 1.71. The Balaban J connectivity index is 3.02. The van der Waals surface area contributed by atoms with E-state index in [4.69, 9.17) is 10.5 Å². The highest BCUT2D eigenvalue weighted by molar-refractivity contribution is 7.89. The van der Waals surface area contributed by atoms with Gasteiger partial charge in [-0.05, 0) is 18.2 Å². The van der Waals surface area contributed by atoms with E-state index in [-0.39, 0.29) is 13.2 Å². The first-order valence-corrected chi connectivity index (χ1v) is 7.41. The quantitative estimate of drug-likeness (QED) is 0.855. The summed E-state index contributed by atoms with van der Waals surface area (Å²) in [6, 6.07) is 3.02. The summed E-state index contributed by atoms with van der Waals surface area (Å²) in [6.45, 7) is 0.0782. The standard InChI is InChI=1S/C12H17F3N2O3S/c1-17(7-10(16)8-20-2)21(18,19)11-5-3-4-9(6-11)12(13,14)15/h3-6,10H,7-8,16H2,1-2H3. The number of nitrogens with zero attached hydrogens (tertiary/aromatic N) is 1. The Kier molecular flexibility index (Phi) is 5.74. The molecule has 21 heavy (non-hydrogen) atoms. The molecule has 0 aromatic heterocycles. The second-order valence-electron chi connectivity index (χ2n) is 4.53. The molecule has 0 radical (unpaired) electrons. The molecule has 2 N–H and O–H groups in total. The van der Waals surface area contributed by atoms with E-state index in [9.17, 15) is 21.6 Å². The molecule has 0 aliphatic rings. The van der Waals surface area contributed by atoms with Crippen LogP contribution in [0.15, 0.2) is 29.2 Å². The fourth-order valence-corrected chi connectivity index (χ4v) is 2.98. The monoisotopic (exact) mass is 326 g/mol. The molecule has 0 bridgehead atoms. The SMILES string of the molecule is COCC(N)CN(C)S(=O)(=O)c1cccc(C(F)(F)F)c1. The van der Waals surface area contributed by atoms with Crippen molar-refractivity contribution in [2.75, 3.05) is 27.3 Å². The topological polar surface area (TPSA) is 72.6 Å². The summed E-state index contributed by atoms with van der Waals surface area (Å²) in [5.74, 6) is 0. The van der Waals surface area contributed by atoms with Crippen molar-refractivity contribution in [1.29, 1.82) is 0 Å². The Bertz CT molecular complexity index is 575. The van der Waals surface area contributed by atoms with Crippen molar-refractivity contribution < 1.29 is 26.3 Å². The van der Waals surface area contributed by atoms with E-state index < -0.39 is 32.7 Å². The molecule has 1 unspecified atom stereocenters. The van der Waals surface area contributed by atoms with Crippen LogP contribution in [0.5, 0.6) is 0 Å². The van der Waals surface area contributed by atoms with Crippen LogP contribution in [0.3, 0.4) is 0 Å². The summed E-state index contributed by atoms with van der Waals surface area (Å²) in [4.78, 5) is -0.426. The van der Waals surface area contributed by atoms with Crippen molar-refractivity contribution in [3.63, 3.8) is 0 Å². The van der Waals surface area contributed by atoms with E-state index in [1.807, 2.05) is 0 Å². The van der Waals surface area contributed by atoms with E-state index in [2.05, 4.69) is 0 Å². The largest absolute Gasteiger partial charge is 0.416 e. The van der Waals surface area contributed by atoms with E-state index in [1.165, 1.54) is 14.2 Å². The van der Waals surface area contributed by atoms with Gasteiger partial charge < -0.3 is 10.5 Å². The summed E-state index contributed by atoms with van der Waals surface area (Å²) in [5.41, 5.74) is 4.63. The highest BCUT2D eigenvalue weighted by atomic mass is 32.2. The predicted molar refractivity (Wildman–Crippen MR) is 71.1 cm³/mol. The summed E-state index contributed by atoms with van der Waals surface area (Å²) in [5, 5.41) is 0. The molecular weight excluding hydrogens is 309 g/mol. The van der Waals surface area contributed by atoms with Crippen LogP contribution in [0.2, 0.25) is 0 Å². The van der Waals surface area contributed by atoms with Crippen molar-refractivity contribution >= 4 is 10.0 Å². The first-order valence-electron chi connectivity index (χ1n) is 5.97. The minimum absolute atomic E-state index is 0.0631. The first kappa shape index (κ1) is 17.9. The number of halogens is 3. The Morgan fingerprint density at radius 3 is 2.52 bits per heavy atom. The van der Waals surface area contributed by atoms with Gasteiger partial charge in [-0.3, -0.25) is 0 Å². The van der Waals surface area contributed by atoms with E-state index >= 15 is 0 Å². The minimum Gasteiger partial charge on any atom is -0.383 e. The molecule has 9 heteroatoms. The van der Waals surface area contributed by atoms with Gasteiger partial charge in [-0.15, -0.1) is 0 Å². The summed E-state index contributed by atoms with van der Waals surface area (Å²) in [7, 11) is -1.36. The van der Waals surface area contributed by atoms with Gasteiger partial charge in [-0.2, -0.15) is 17.5 Å². The molecular formula is C12H17F3N2O3S. The van der Waals surface area contributed by atoms with Crippen LogP contribution in [-0.2, 0) is 20.9 Å². The van der Waals surface area contributed by atoms with Gasteiger partial charge in [0, 0.05) is 26.7 Å². The normalized spacial score (nSPS) is 14.4. The molecule has 0 amide bonds. The molecule has 1 atom stereocenters. The highest BCUT2D eigenvalue weighted by Gasteiger charge is 2.32. The number of hydrogen-bond acceptors (Lipinski definition) is 4. The first-order chi connectivity index (χ1) is 9.59. The third kappa shape index (κ3) is 4.67. The van der Waals surface area contributed by atoms with Gasteiger partial charge in [0.1, 0.15) is 0 Å². The molecule has 120 valence electrons.